The van der Waals surface area contributed by atoms with Crippen molar-refractivity contribution in [2.45, 2.75) is 30.1 Å². The Kier molecular flexibility index (Phi) is 7.05. The second-order valence-electron chi connectivity index (χ2n) is 5.68. The van der Waals surface area contributed by atoms with Crippen molar-refractivity contribution in [3.8, 4) is 0 Å². The molecular formula is C18H16F2N2O5S. The van der Waals surface area contributed by atoms with Gasteiger partial charge in [-0.3, -0.25) is 19.7 Å². The van der Waals surface area contributed by atoms with Gasteiger partial charge in [0, 0.05) is 17.0 Å². The maximum atomic E-state index is 13.6. The predicted molar refractivity (Wildman–Crippen MR) is 99.0 cm³/mol. The highest BCUT2D eigenvalue weighted by atomic mass is 32.2. The van der Waals surface area contributed by atoms with Gasteiger partial charge in [0.05, 0.1) is 4.92 Å². The topological polar surface area (TPSA) is 98.5 Å². The summed E-state index contributed by atoms with van der Waals surface area (Å²) in [5.41, 5.74) is -0.700. The number of carbonyl (C=O) groups excluding carboxylic acids is 2. The van der Waals surface area contributed by atoms with E-state index in [1.54, 1.807) is 0 Å². The van der Waals surface area contributed by atoms with Gasteiger partial charge in [0.1, 0.15) is 22.6 Å². The highest BCUT2D eigenvalue weighted by Crippen LogP contribution is 2.26. The van der Waals surface area contributed by atoms with E-state index in [0.29, 0.717) is 4.90 Å². The van der Waals surface area contributed by atoms with E-state index in [9.17, 15) is 28.5 Å². The quantitative estimate of drug-likeness (QED) is 0.321. The van der Waals surface area contributed by atoms with E-state index >= 15 is 0 Å². The van der Waals surface area contributed by atoms with Crippen LogP contribution in [0.5, 0.6) is 0 Å². The maximum Gasteiger partial charge on any atom is 0.319 e. The molecule has 7 nitrogen and oxygen atoms in total. The predicted octanol–water partition coefficient (Wildman–Crippen LogP) is 3.92. The number of carbonyl (C=O) groups is 2. The number of ether oxygens (including phenoxy) is 1. The van der Waals surface area contributed by atoms with Gasteiger partial charge >= 0.3 is 5.97 Å². The van der Waals surface area contributed by atoms with Crippen molar-refractivity contribution in [1.82, 2.24) is 0 Å². The first-order valence-corrected chi connectivity index (χ1v) is 8.93. The Balaban J connectivity index is 1.93. The van der Waals surface area contributed by atoms with Crippen LogP contribution in [-0.4, -0.2) is 28.2 Å². The van der Waals surface area contributed by atoms with Crippen LogP contribution in [0.2, 0.25) is 0 Å². The SMILES string of the molecule is C[C@H](Sc1ccc([N+](=O)[O-])cc1)C(=O)O[C@H](C)C(=O)Nc1c(F)cccc1F. The second kappa shape index (κ2) is 9.27. The number of halogens is 2. The first kappa shape index (κ1) is 21.3. The first-order valence-electron chi connectivity index (χ1n) is 8.05. The fraction of sp³-hybridized carbons (Fsp3) is 0.222. The van der Waals surface area contributed by atoms with Crippen LogP contribution >= 0.6 is 11.8 Å². The lowest BCUT2D eigenvalue weighted by Crippen LogP contribution is -2.33. The van der Waals surface area contributed by atoms with Crippen LogP contribution in [0.1, 0.15) is 13.8 Å². The van der Waals surface area contributed by atoms with E-state index in [1.807, 2.05) is 0 Å². The number of anilines is 1. The molecule has 1 amide bonds. The molecule has 0 radical (unpaired) electrons. The molecule has 1 N–H and O–H groups in total. The standard InChI is InChI=1S/C18H16F2N2O5S/c1-10(17(23)21-16-14(19)4-3-5-15(16)20)27-18(24)11(2)28-13-8-6-12(7-9-13)22(25)26/h3-11H,1-2H3,(H,21,23)/t10-,11+/m1/s1. The molecule has 0 saturated heterocycles. The van der Waals surface area contributed by atoms with Crippen molar-refractivity contribution in [2.75, 3.05) is 5.32 Å². The average molecular weight is 410 g/mol. The number of benzene rings is 2. The molecule has 0 aliphatic carbocycles. The highest BCUT2D eigenvalue weighted by molar-refractivity contribution is 8.00. The summed E-state index contributed by atoms with van der Waals surface area (Å²) >= 11 is 1.09. The fourth-order valence-electron chi connectivity index (χ4n) is 2.06. The summed E-state index contributed by atoms with van der Waals surface area (Å²) in [6, 6.07) is 8.71. The Morgan fingerprint density at radius 1 is 1.11 bits per heavy atom. The number of amides is 1. The normalized spacial score (nSPS) is 12.7. The van der Waals surface area contributed by atoms with Crippen molar-refractivity contribution >= 4 is 35.0 Å². The van der Waals surface area contributed by atoms with Gasteiger partial charge in [0.2, 0.25) is 0 Å². The van der Waals surface area contributed by atoms with E-state index in [1.165, 1.54) is 38.1 Å². The van der Waals surface area contributed by atoms with Gasteiger partial charge in [0.25, 0.3) is 11.6 Å². The van der Waals surface area contributed by atoms with E-state index < -0.39 is 45.5 Å². The Morgan fingerprint density at radius 3 is 2.21 bits per heavy atom. The molecule has 148 valence electrons. The van der Waals surface area contributed by atoms with Crippen molar-refractivity contribution < 1.29 is 28.0 Å². The summed E-state index contributed by atoms with van der Waals surface area (Å²) in [7, 11) is 0. The largest absolute Gasteiger partial charge is 0.452 e. The molecule has 0 saturated carbocycles. The monoisotopic (exact) mass is 410 g/mol. The molecule has 2 aromatic carbocycles. The number of para-hydroxylation sites is 1. The molecule has 0 aliphatic heterocycles. The molecule has 2 rings (SSSR count). The van der Waals surface area contributed by atoms with E-state index in [4.69, 9.17) is 4.74 Å². The minimum atomic E-state index is -1.29. The highest BCUT2D eigenvalue weighted by Gasteiger charge is 2.24. The van der Waals surface area contributed by atoms with E-state index in [2.05, 4.69) is 5.32 Å². The van der Waals surface area contributed by atoms with E-state index in [-0.39, 0.29) is 5.69 Å². The summed E-state index contributed by atoms with van der Waals surface area (Å²) in [4.78, 5) is 34.9. The zero-order valence-corrected chi connectivity index (χ0v) is 15.7. The summed E-state index contributed by atoms with van der Waals surface area (Å²) in [6.07, 6.45) is -1.29. The number of nitrogens with one attached hydrogen (secondary N) is 1. The third-order valence-corrected chi connectivity index (χ3v) is 4.66. The molecule has 2 aromatic rings. The smallest absolute Gasteiger partial charge is 0.319 e. The minimum absolute atomic E-state index is 0.0785. The zero-order valence-electron chi connectivity index (χ0n) is 14.8. The molecule has 0 aromatic heterocycles. The van der Waals surface area contributed by atoms with Gasteiger partial charge in [-0.2, -0.15) is 0 Å². The van der Waals surface area contributed by atoms with Crippen LogP contribution < -0.4 is 5.32 Å². The van der Waals surface area contributed by atoms with Crippen molar-refractivity contribution in [2.24, 2.45) is 0 Å². The van der Waals surface area contributed by atoms with Crippen LogP contribution in [0.15, 0.2) is 47.4 Å². The molecule has 0 unspecified atom stereocenters. The zero-order chi connectivity index (χ0) is 20.8. The number of nitrogens with zero attached hydrogens (tertiary/aromatic N) is 1. The third kappa shape index (κ3) is 5.49. The third-order valence-electron chi connectivity index (χ3n) is 3.57. The fourth-order valence-corrected chi connectivity index (χ4v) is 2.92. The van der Waals surface area contributed by atoms with Gasteiger partial charge in [-0.25, -0.2) is 8.78 Å². The number of nitro benzene ring substituents is 1. The summed E-state index contributed by atoms with van der Waals surface area (Å²) < 4.78 is 32.2. The molecule has 2 atom stereocenters. The number of thioether (sulfide) groups is 1. The molecule has 0 spiro atoms. The number of hydrogen-bond acceptors (Lipinski definition) is 6. The summed E-state index contributed by atoms with van der Waals surface area (Å²) in [5.74, 6) is -3.51. The van der Waals surface area contributed by atoms with Crippen molar-refractivity contribution in [3.05, 3.63) is 64.2 Å². The van der Waals surface area contributed by atoms with Crippen molar-refractivity contribution in [1.29, 1.82) is 0 Å². The molecule has 0 fully saturated rings. The molecule has 0 aliphatic rings. The average Bonchev–Trinajstić information content (AvgIpc) is 2.64. The number of non-ortho nitro benzene ring substituents is 1. The van der Waals surface area contributed by atoms with Gasteiger partial charge < -0.3 is 10.1 Å². The van der Waals surface area contributed by atoms with Crippen LogP contribution in [0, 0.1) is 21.7 Å². The number of hydrogen-bond donors (Lipinski definition) is 1. The van der Waals surface area contributed by atoms with Crippen LogP contribution in [0.3, 0.4) is 0 Å². The molecule has 28 heavy (non-hydrogen) atoms. The lowest BCUT2D eigenvalue weighted by molar-refractivity contribution is -0.384. The lowest BCUT2D eigenvalue weighted by Gasteiger charge is -2.17. The Labute approximate surface area is 163 Å². The molecular weight excluding hydrogens is 394 g/mol. The molecule has 10 heteroatoms. The van der Waals surface area contributed by atoms with Crippen molar-refractivity contribution in [3.63, 3.8) is 0 Å². The summed E-state index contributed by atoms with van der Waals surface area (Å²) in [5, 5.41) is 12.0. The number of esters is 1. The minimum Gasteiger partial charge on any atom is -0.452 e. The summed E-state index contributed by atoms with van der Waals surface area (Å²) in [6.45, 7) is 2.81. The Bertz CT molecular complexity index is 872. The molecule has 0 bridgehead atoms. The maximum absolute atomic E-state index is 13.6. The van der Waals surface area contributed by atoms with Crippen LogP contribution in [0.25, 0.3) is 0 Å². The number of rotatable bonds is 7. The van der Waals surface area contributed by atoms with Gasteiger partial charge in [-0.1, -0.05) is 6.07 Å². The van der Waals surface area contributed by atoms with Gasteiger partial charge in [-0.05, 0) is 38.1 Å². The first-order chi connectivity index (χ1) is 13.2. The van der Waals surface area contributed by atoms with Crippen LogP contribution in [0.4, 0.5) is 20.2 Å². The van der Waals surface area contributed by atoms with Gasteiger partial charge in [-0.15, -0.1) is 11.8 Å². The van der Waals surface area contributed by atoms with E-state index in [0.717, 1.165) is 30.0 Å². The molecule has 0 heterocycles. The Hall–Kier alpha value is -3.01. The Morgan fingerprint density at radius 2 is 1.68 bits per heavy atom. The number of nitro groups is 1. The van der Waals surface area contributed by atoms with Crippen LogP contribution in [-0.2, 0) is 14.3 Å². The second-order valence-corrected chi connectivity index (χ2v) is 7.09. The lowest BCUT2D eigenvalue weighted by atomic mass is 10.2. The van der Waals surface area contributed by atoms with Gasteiger partial charge in [0.15, 0.2) is 6.10 Å².